The molecule has 0 aliphatic carbocycles. The maximum absolute atomic E-state index is 11.7. The Morgan fingerprint density at radius 3 is 2.74 bits per heavy atom. The number of amides is 1. The van der Waals surface area contributed by atoms with Gasteiger partial charge in [0.05, 0.1) is 6.33 Å². The molecule has 0 radical (unpaired) electrons. The molecule has 0 saturated carbocycles. The van der Waals surface area contributed by atoms with E-state index in [9.17, 15) is 4.79 Å². The fraction of sp³-hybridized carbons (Fsp3) is 0.500. The normalized spacial score (nSPS) is 11.6. The van der Waals surface area contributed by atoms with Crippen molar-refractivity contribution in [2.24, 2.45) is 0 Å². The second-order valence-corrected chi connectivity index (χ2v) is 5.05. The summed E-state index contributed by atoms with van der Waals surface area (Å²) in [5.41, 5.74) is 0.678. The van der Waals surface area contributed by atoms with E-state index in [-0.39, 0.29) is 0 Å². The number of anilines is 1. The fourth-order valence-corrected chi connectivity index (χ4v) is 1.60. The first-order chi connectivity index (χ1) is 8.90. The van der Waals surface area contributed by atoms with Gasteiger partial charge in [0.15, 0.2) is 17.0 Å². The number of carbonyl (C=O) groups is 1. The van der Waals surface area contributed by atoms with Gasteiger partial charge >= 0.3 is 6.09 Å². The molecule has 0 aliphatic heterocycles. The van der Waals surface area contributed by atoms with Crippen LogP contribution in [0, 0.1) is 0 Å². The van der Waals surface area contributed by atoms with Gasteiger partial charge in [-0.3, -0.25) is 5.32 Å². The van der Waals surface area contributed by atoms with Gasteiger partial charge in [-0.25, -0.2) is 19.7 Å². The number of hydrogen-bond acceptors (Lipinski definition) is 5. The molecule has 0 unspecified atom stereocenters. The Morgan fingerprint density at radius 2 is 2.11 bits per heavy atom. The van der Waals surface area contributed by atoms with E-state index in [1.807, 2.05) is 11.5 Å². The number of aromatic nitrogens is 4. The molecule has 2 aromatic heterocycles. The maximum Gasteiger partial charge on any atom is 0.413 e. The Bertz CT molecular complexity index is 600. The van der Waals surface area contributed by atoms with E-state index in [2.05, 4.69) is 20.3 Å². The maximum atomic E-state index is 11.7. The van der Waals surface area contributed by atoms with Crippen LogP contribution < -0.4 is 5.32 Å². The van der Waals surface area contributed by atoms with Gasteiger partial charge in [0.25, 0.3) is 0 Å². The summed E-state index contributed by atoms with van der Waals surface area (Å²) in [4.78, 5) is 24.1. The number of nitrogens with zero attached hydrogens (tertiary/aromatic N) is 4. The number of ether oxygens (including phenoxy) is 1. The van der Waals surface area contributed by atoms with Gasteiger partial charge in [-0.1, -0.05) is 0 Å². The molecule has 2 heterocycles. The van der Waals surface area contributed by atoms with Gasteiger partial charge in [-0.15, -0.1) is 0 Å². The average Bonchev–Trinajstić information content (AvgIpc) is 2.70. The van der Waals surface area contributed by atoms with E-state index in [0.717, 1.165) is 6.54 Å². The molecule has 7 nitrogen and oxygen atoms in total. The first-order valence-corrected chi connectivity index (χ1v) is 6.06. The Hall–Kier alpha value is -2.18. The molecule has 0 aromatic carbocycles. The molecule has 0 bridgehead atoms. The number of fused-ring (bicyclic) bond motifs is 1. The van der Waals surface area contributed by atoms with E-state index in [4.69, 9.17) is 4.74 Å². The predicted octanol–water partition coefficient (Wildman–Crippen LogP) is 2.19. The number of rotatable bonds is 2. The van der Waals surface area contributed by atoms with Gasteiger partial charge in [-0.05, 0) is 27.7 Å². The van der Waals surface area contributed by atoms with E-state index >= 15 is 0 Å². The monoisotopic (exact) mass is 263 g/mol. The lowest BCUT2D eigenvalue weighted by Crippen LogP contribution is -2.27. The lowest BCUT2D eigenvalue weighted by Gasteiger charge is -2.19. The molecule has 0 atom stereocenters. The van der Waals surface area contributed by atoms with Crippen LogP contribution >= 0.6 is 0 Å². The van der Waals surface area contributed by atoms with Crippen molar-refractivity contribution in [2.45, 2.75) is 39.8 Å². The lowest BCUT2D eigenvalue weighted by atomic mass is 10.2. The third-order valence-corrected chi connectivity index (χ3v) is 2.36. The van der Waals surface area contributed by atoms with Crippen molar-refractivity contribution in [1.29, 1.82) is 0 Å². The SMILES string of the molecule is CCn1cnc2c(NC(=O)OC(C)(C)C)ncnc21. The van der Waals surface area contributed by atoms with Gasteiger partial charge in [0.1, 0.15) is 11.9 Å². The number of aryl methyl sites for hydroxylation is 1. The van der Waals surface area contributed by atoms with Crippen LogP contribution in [-0.4, -0.2) is 31.2 Å². The minimum atomic E-state index is -0.557. The van der Waals surface area contributed by atoms with Gasteiger partial charge in [-0.2, -0.15) is 0 Å². The molecule has 0 spiro atoms. The quantitative estimate of drug-likeness (QED) is 0.898. The van der Waals surface area contributed by atoms with Crippen molar-refractivity contribution in [3.63, 3.8) is 0 Å². The minimum absolute atomic E-state index is 0.353. The highest BCUT2D eigenvalue weighted by Gasteiger charge is 2.18. The van der Waals surface area contributed by atoms with Crippen LogP contribution in [0.2, 0.25) is 0 Å². The second-order valence-electron chi connectivity index (χ2n) is 5.05. The number of hydrogen-bond donors (Lipinski definition) is 1. The molecule has 1 N–H and O–H groups in total. The summed E-state index contributed by atoms with van der Waals surface area (Å²) in [6, 6.07) is 0. The third kappa shape index (κ3) is 2.98. The topological polar surface area (TPSA) is 81.9 Å². The van der Waals surface area contributed by atoms with Crippen molar-refractivity contribution in [3.8, 4) is 0 Å². The summed E-state index contributed by atoms with van der Waals surface area (Å²) < 4.78 is 7.05. The Labute approximate surface area is 111 Å². The minimum Gasteiger partial charge on any atom is -0.444 e. The Kier molecular flexibility index (Phi) is 3.37. The Morgan fingerprint density at radius 1 is 1.37 bits per heavy atom. The summed E-state index contributed by atoms with van der Waals surface area (Å²) in [6.07, 6.45) is 2.50. The van der Waals surface area contributed by atoms with Crippen molar-refractivity contribution in [3.05, 3.63) is 12.7 Å². The molecule has 7 heteroatoms. The van der Waals surface area contributed by atoms with Crippen LogP contribution in [0.3, 0.4) is 0 Å². The largest absolute Gasteiger partial charge is 0.444 e. The highest BCUT2D eigenvalue weighted by Crippen LogP contribution is 2.18. The standard InChI is InChI=1S/C12H17N5O2/c1-5-17-7-15-8-9(13-6-14-10(8)17)16-11(18)19-12(2,3)4/h6-7H,5H2,1-4H3,(H,13,14,16,18). The highest BCUT2D eigenvalue weighted by atomic mass is 16.6. The zero-order valence-corrected chi connectivity index (χ0v) is 11.5. The van der Waals surface area contributed by atoms with Crippen LogP contribution in [0.25, 0.3) is 11.2 Å². The summed E-state index contributed by atoms with van der Waals surface area (Å²) in [5.74, 6) is 0.353. The Balaban J connectivity index is 2.26. The molecule has 2 rings (SSSR count). The zero-order valence-electron chi connectivity index (χ0n) is 11.5. The second kappa shape index (κ2) is 4.83. The van der Waals surface area contributed by atoms with Crippen LogP contribution in [0.1, 0.15) is 27.7 Å². The van der Waals surface area contributed by atoms with Gasteiger partial charge in [0.2, 0.25) is 0 Å². The summed E-state index contributed by atoms with van der Waals surface area (Å²) in [5, 5.41) is 2.59. The van der Waals surface area contributed by atoms with Gasteiger partial charge in [0, 0.05) is 6.54 Å². The van der Waals surface area contributed by atoms with E-state index < -0.39 is 11.7 Å². The third-order valence-electron chi connectivity index (χ3n) is 2.36. The highest BCUT2D eigenvalue weighted by molar-refractivity contribution is 5.93. The molecule has 19 heavy (non-hydrogen) atoms. The molecule has 0 aliphatic rings. The molecule has 0 fully saturated rings. The van der Waals surface area contributed by atoms with Crippen molar-refractivity contribution >= 4 is 23.1 Å². The van der Waals surface area contributed by atoms with E-state index in [0.29, 0.717) is 17.0 Å². The number of nitrogens with one attached hydrogen (secondary N) is 1. The molecule has 102 valence electrons. The van der Waals surface area contributed by atoms with Crippen LogP contribution in [0.5, 0.6) is 0 Å². The fourth-order valence-electron chi connectivity index (χ4n) is 1.60. The molecular formula is C12H17N5O2. The first-order valence-electron chi connectivity index (χ1n) is 6.06. The summed E-state index contributed by atoms with van der Waals surface area (Å²) in [6.45, 7) is 8.14. The number of imidazole rings is 1. The molecular weight excluding hydrogens is 246 g/mol. The predicted molar refractivity (Wildman–Crippen MR) is 70.9 cm³/mol. The molecule has 2 aromatic rings. The number of carbonyl (C=O) groups excluding carboxylic acids is 1. The van der Waals surface area contributed by atoms with Crippen LogP contribution in [0.15, 0.2) is 12.7 Å². The smallest absolute Gasteiger partial charge is 0.413 e. The first kappa shape index (κ1) is 13.3. The molecule has 1 amide bonds. The van der Waals surface area contributed by atoms with E-state index in [1.165, 1.54) is 6.33 Å². The lowest BCUT2D eigenvalue weighted by molar-refractivity contribution is 0.0635. The zero-order chi connectivity index (χ0) is 14.0. The summed E-state index contributed by atoms with van der Waals surface area (Å²) >= 11 is 0. The summed E-state index contributed by atoms with van der Waals surface area (Å²) in [7, 11) is 0. The van der Waals surface area contributed by atoms with Crippen molar-refractivity contribution in [1.82, 2.24) is 19.5 Å². The van der Waals surface area contributed by atoms with Crippen LogP contribution in [-0.2, 0) is 11.3 Å². The average molecular weight is 263 g/mol. The van der Waals surface area contributed by atoms with E-state index in [1.54, 1.807) is 27.1 Å². The van der Waals surface area contributed by atoms with Crippen LogP contribution in [0.4, 0.5) is 10.6 Å². The van der Waals surface area contributed by atoms with Gasteiger partial charge < -0.3 is 9.30 Å². The van der Waals surface area contributed by atoms with Crippen molar-refractivity contribution in [2.75, 3.05) is 5.32 Å². The van der Waals surface area contributed by atoms with Crippen molar-refractivity contribution < 1.29 is 9.53 Å². The molecule has 0 saturated heterocycles.